The molecule has 0 radical (unpaired) electrons. The maximum absolute atomic E-state index is 5.88. The van der Waals surface area contributed by atoms with Crippen molar-refractivity contribution < 1.29 is 4.74 Å². The van der Waals surface area contributed by atoms with Crippen molar-refractivity contribution in [2.24, 2.45) is 10.9 Å². The Hall–Kier alpha value is -2.56. The number of benzene rings is 1. The Kier molecular flexibility index (Phi) is 7.08. The van der Waals surface area contributed by atoms with Crippen LogP contribution in [0.5, 0.6) is 5.75 Å². The van der Waals surface area contributed by atoms with E-state index in [1.165, 1.54) is 12.8 Å². The minimum absolute atomic E-state index is 0.474. The van der Waals surface area contributed by atoms with Crippen LogP contribution in [0.2, 0.25) is 0 Å². The quantitative estimate of drug-likeness (QED) is 0.623. The van der Waals surface area contributed by atoms with Crippen molar-refractivity contribution in [2.45, 2.75) is 39.8 Å². The summed E-state index contributed by atoms with van der Waals surface area (Å²) in [4.78, 5) is 11.5. The average Bonchev–Trinajstić information content (AvgIpc) is 2.71. The van der Waals surface area contributed by atoms with Gasteiger partial charge in [0.1, 0.15) is 12.4 Å². The fourth-order valence-electron chi connectivity index (χ4n) is 3.19. The molecule has 0 amide bonds. The summed E-state index contributed by atoms with van der Waals surface area (Å²) >= 11 is 0. The van der Waals surface area contributed by atoms with Gasteiger partial charge >= 0.3 is 0 Å². The number of ether oxygens (including phenoxy) is 1. The van der Waals surface area contributed by atoms with Crippen LogP contribution in [0.25, 0.3) is 0 Å². The molecule has 2 aromatic rings. The molecule has 0 saturated carbocycles. The molecule has 0 aliphatic carbocycles. The van der Waals surface area contributed by atoms with E-state index in [0.717, 1.165) is 48.5 Å². The van der Waals surface area contributed by atoms with Crippen LogP contribution in [0.3, 0.4) is 0 Å². The van der Waals surface area contributed by atoms with Crippen LogP contribution < -0.4 is 10.1 Å². The van der Waals surface area contributed by atoms with E-state index in [9.17, 15) is 0 Å². The molecule has 0 spiro atoms. The van der Waals surface area contributed by atoms with Gasteiger partial charge in [-0.3, -0.25) is 4.98 Å². The van der Waals surface area contributed by atoms with E-state index in [4.69, 9.17) is 9.73 Å². The second-order valence-electron chi connectivity index (χ2n) is 7.10. The van der Waals surface area contributed by atoms with Crippen molar-refractivity contribution in [3.05, 3.63) is 59.9 Å². The molecule has 0 unspecified atom stereocenters. The number of hydrogen-bond donors (Lipinski definition) is 1. The van der Waals surface area contributed by atoms with E-state index in [0.29, 0.717) is 13.2 Å². The molecule has 1 aromatic carbocycles. The number of rotatable bonds is 6. The number of aromatic nitrogens is 1. The lowest BCUT2D eigenvalue weighted by Crippen LogP contribution is -2.45. The van der Waals surface area contributed by atoms with Crippen molar-refractivity contribution in [1.29, 1.82) is 0 Å². The first kappa shape index (κ1) is 19.2. The third-order valence-corrected chi connectivity index (χ3v) is 4.84. The number of likely N-dealkylation sites (tertiary alicyclic amines) is 1. The third kappa shape index (κ3) is 5.98. The van der Waals surface area contributed by atoms with Gasteiger partial charge in [-0.2, -0.15) is 0 Å². The molecule has 3 rings (SSSR count). The number of piperidine rings is 1. The molecule has 0 bridgehead atoms. The van der Waals surface area contributed by atoms with E-state index in [1.807, 2.05) is 30.3 Å². The Labute approximate surface area is 162 Å². The van der Waals surface area contributed by atoms with Gasteiger partial charge in [-0.15, -0.1) is 0 Å². The van der Waals surface area contributed by atoms with Gasteiger partial charge in [0, 0.05) is 25.8 Å². The number of hydrogen-bond acceptors (Lipinski definition) is 3. The Morgan fingerprint density at radius 3 is 2.81 bits per heavy atom. The zero-order chi connectivity index (χ0) is 18.9. The first-order valence-electron chi connectivity index (χ1n) is 9.89. The summed E-state index contributed by atoms with van der Waals surface area (Å²) in [5.74, 6) is 2.69. The highest BCUT2D eigenvalue weighted by atomic mass is 16.5. The summed E-state index contributed by atoms with van der Waals surface area (Å²) in [6.45, 7) is 8.63. The number of nitrogens with zero attached hydrogens (tertiary/aromatic N) is 3. The van der Waals surface area contributed by atoms with Crippen LogP contribution in [-0.2, 0) is 13.2 Å². The van der Waals surface area contributed by atoms with Crippen molar-refractivity contribution >= 4 is 5.96 Å². The molecule has 5 nitrogen and oxygen atoms in total. The van der Waals surface area contributed by atoms with Gasteiger partial charge in [-0.25, -0.2) is 4.99 Å². The fourth-order valence-corrected chi connectivity index (χ4v) is 3.19. The average molecular weight is 367 g/mol. The standard InChI is InChI=1S/C22H30N4O/c1-3-23-22(26-13-10-18(2)11-14-26)25-16-19-7-6-9-21(15-19)27-17-20-8-4-5-12-24-20/h4-9,12,15,18H,3,10-11,13-14,16-17H2,1-2H3,(H,23,25). The molecule has 1 aliphatic heterocycles. The molecule has 1 fully saturated rings. The molecular weight excluding hydrogens is 336 g/mol. The predicted octanol–water partition coefficient (Wildman–Crippen LogP) is 3.86. The van der Waals surface area contributed by atoms with Crippen LogP contribution in [-0.4, -0.2) is 35.5 Å². The Balaban J connectivity index is 1.60. The lowest BCUT2D eigenvalue weighted by molar-refractivity contribution is 0.273. The summed E-state index contributed by atoms with van der Waals surface area (Å²) < 4.78 is 5.88. The van der Waals surface area contributed by atoms with E-state index >= 15 is 0 Å². The molecule has 144 valence electrons. The molecule has 2 heterocycles. The first-order valence-corrected chi connectivity index (χ1v) is 9.89. The number of aliphatic imine (C=N–C) groups is 1. The fraction of sp³-hybridized carbons (Fsp3) is 0.455. The van der Waals surface area contributed by atoms with Crippen molar-refractivity contribution in [3.63, 3.8) is 0 Å². The van der Waals surface area contributed by atoms with Gasteiger partial charge in [0.25, 0.3) is 0 Å². The Morgan fingerprint density at radius 1 is 1.22 bits per heavy atom. The van der Waals surface area contributed by atoms with E-state index < -0.39 is 0 Å². The maximum atomic E-state index is 5.88. The summed E-state index contributed by atoms with van der Waals surface area (Å²) in [5, 5.41) is 3.44. The lowest BCUT2D eigenvalue weighted by Gasteiger charge is -2.33. The van der Waals surface area contributed by atoms with Crippen molar-refractivity contribution in [3.8, 4) is 5.75 Å². The third-order valence-electron chi connectivity index (χ3n) is 4.84. The molecule has 1 N–H and O–H groups in total. The first-order chi connectivity index (χ1) is 13.2. The number of guanidine groups is 1. The molecule has 1 aromatic heterocycles. The summed E-state index contributed by atoms with van der Waals surface area (Å²) in [5.41, 5.74) is 2.07. The highest BCUT2D eigenvalue weighted by Crippen LogP contribution is 2.18. The monoisotopic (exact) mass is 366 g/mol. The molecule has 1 saturated heterocycles. The van der Waals surface area contributed by atoms with E-state index in [-0.39, 0.29) is 0 Å². The molecule has 0 atom stereocenters. The zero-order valence-electron chi connectivity index (χ0n) is 16.4. The van der Waals surface area contributed by atoms with Gasteiger partial charge in [0.15, 0.2) is 5.96 Å². The topological polar surface area (TPSA) is 49.8 Å². The van der Waals surface area contributed by atoms with Gasteiger partial charge in [0.2, 0.25) is 0 Å². The van der Waals surface area contributed by atoms with Crippen LogP contribution in [0.15, 0.2) is 53.7 Å². The summed E-state index contributed by atoms with van der Waals surface area (Å²) in [7, 11) is 0. The van der Waals surface area contributed by atoms with Gasteiger partial charge in [-0.05, 0) is 55.5 Å². The summed E-state index contributed by atoms with van der Waals surface area (Å²) in [6, 6.07) is 14.0. The van der Waals surface area contributed by atoms with Gasteiger partial charge in [0.05, 0.1) is 12.2 Å². The number of pyridine rings is 1. The Bertz CT molecular complexity index is 724. The van der Waals surface area contributed by atoms with Crippen LogP contribution >= 0.6 is 0 Å². The molecule has 5 heteroatoms. The molecule has 27 heavy (non-hydrogen) atoms. The van der Waals surface area contributed by atoms with Gasteiger partial charge < -0.3 is 15.0 Å². The highest BCUT2D eigenvalue weighted by molar-refractivity contribution is 5.80. The minimum atomic E-state index is 0.474. The van der Waals surface area contributed by atoms with Crippen LogP contribution in [0, 0.1) is 5.92 Å². The highest BCUT2D eigenvalue weighted by Gasteiger charge is 2.18. The van der Waals surface area contributed by atoms with Crippen LogP contribution in [0.4, 0.5) is 0 Å². The summed E-state index contributed by atoms with van der Waals surface area (Å²) in [6.07, 6.45) is 4.26. The van der Waals surface area contributed by atoms with E-state index in [1.54, 1.807) is 6.20 Å². The number of nitrogens with one attached hydrogen (secondary N) is 1. The van der Waals surface area contributed by atoms with Crippen molar-refractivity contribution in [2.75, 3.05) is 19.6 Å². The lowest BCUT2D eigenvalue weighted by atomic mass is 10.00. The Morgan fingerprint density at radius 2 is 2.07 bits per heavy atom. The zero-order valence-corrected chi connectivity index (χ0v) is 16.4. The molecular formula is C22H30N4O. The second-order valence-corrected chi connectivity index (χ2v) is 7.10. The smallest absolute Gasteiger partial charge is 0.194 e. The predicted molar refractivity (Wildman–Crippen MR) is 110 cm³/mol. The minimum Gasteiger partial charge on any atom is -0.487 e. The van der Waals surface area contributed by atoms with Crippen LogP contribution in [0.1, 0.15) is 37.9 Å². The normalized spacial score (nSPS) is 15.6. The second kappa shape index (κ2) is 9.95. The maximum Gasteiger partial charge on any atom is 0.194 e. The SMILES string of the molecule is CCNC(=NCc1cccc(OCc2ccccn2)c1)N1CCC(C)CC1. The van der Waals surface area contributed by atoms with E-state index in [2.05, 4.69) is 41.2 Å². The van der Waals surface area contributed by atoms with Gasteiger partial charge in [-0.1, -0.05) is 25.1 Å². The largest absolute Gasteiger partial charge is 0.487 e. The molecule has 1 aliphatic rings. The van der Waals surface area contributed by atoms with Crippen molar-refractivity contribution in [1.82, 2.24) is 15.2 Å².